The molecule has 0 N–H and O–H groups in total. The Balaban J connectivity index is 1.03. The number of fused-ring (bicyclic) bond motifs is 5. The number of thiophene rings is 1. The maximum Gasteiger partial charge on any atom is 0.124 e. The minimum atomic E-state index is 1.03. The van der Waals surface area contributed by atoms with E-state index in [4.69, 9.17) is 9.97 Å². The molecule has 0 bridgehead atoms. The van der Waals surface area contributed by atoms with Gasteiger partial charge in [-0.2, -0.15) is 0 Å². The van der Waals surface area contributed by atoms with Gasteiger partial charge in [-0.1, -0.05) is 72.8 Å². The summed E-state index contributed by atoms with van der Waals surface area (Å²) in [6.07, 6.45) is 0. The number of aromatic nitrogens is 2. The smallest absolute Gasteiger partial charge is 0.124 e. The van der Waals surface area contributed by atoms with Gasteiger partial charge in [0.2, 0.25) is 0 Å². The number of anilines is 3. The van der Waals surface area contributed by atoms with Gasteiger partial charge in [-0.05, 0) is 113 Å². The van der Waals surface area contributed by atoms with Crippen LogP contribution in [0, 0.1) is 0 Å². The zero-order valence-electron chi connectivity index (χ0n) is 26.7. The molecule has 3 aromatic heterocycles. The van der Waals surface area contributed by atoms with Gasteiger partial charge in [-0.15, -0.1) is 34.0 Å². The molecule has 0 saturated carbocycles. The molecule has 50 heavy (non-hydrogen) atoms. The van der Waals surface area contributed by atoms with Crippen molar-refractivity contribution in [2.75, 3.05) is 4.90 Å². The molecule has 7 aromatic carbocycles. The van der Waals surface area contributed by atoms with Gasteiger partial charge in [0.15, 0.2) is 0 Å². The lowest BCUT2D eigenvalue weighted by atomic mass is 10.1. The van der Waals surface area contributed by atoms with E-state index in [1.165, 1.54) is 40.7 Å². The average molecular weight is 694 g/mol. The normalized spacial score (nSPS) is 11.6. The van der Waals surface area contributed by atoms with Crippen molar-refractivity contribution in [3.63, 3.8) is 0 Å². The molecule has 0 aliphatic heterocycles. The number of rotatable bonds is 6. The summed E-state index contributed by atoms with van der Waals surface area (Å²) < 4.78 is 3.74. The summed E-state index contributed by atoms with van der Waals surface area (Å²) in [7, 11) is 0. The molecule has 0 saturated heterocycles. The molecule has 0 fully saturated rings. The number of thiazole rings is 2. The molecule has 6 heteroatoms. The Hall–Kier alpha value is -5.66. The third-order valence-electron chi connectivity index (χ3n) is 9.15. The van der Waals surface area contributed by atoms with Crippen molar-refractivity contribution in [1.29, 1.82) is 0 Å². The van der Waals surface area contributed by atoms with Crippen LogP contribution in [0.4, 0.5) is 17.1 Å². The molecule has 0 aliphatic carbocycles. The number of benzene rings is 7. The summed E-state index contributed by atoms with van der Waals surface area (Å²) >= 11 is 5.33. The topological polar surface area (TPSA) is 29.0 Å². The summed E-state index contributed by atoms with van der Waals surface area (Å²) in [5.41, 5.74) is 8.81. The van der Waals surface area contributed by atoms with E-state index in [2.05, 4.69) is 157 Å². The van der Waals surface area contributed by atoms with Crippen LogP contribution in [0.5, 0.6) is 0 Å². The van der Waals surface area contributed by atoms with Crippen molar-refractivity contribution >= 4 is 92.4 Å². The first-order valence-corrected chi connectivity index (χ1v) is 18.9. The molecule has 0 unspecified atom stereocenters. The van der Waals surface area contributed by atoms with Crippen LogP contribution < -0.4 is 4.90 Å². The summed E-state index contributed by atoms with van der Waals surface area (Å²) in [4.78, 5) is 13.4. The molecule has 0 aliphatic rings. The van der Waals surface area contributed by atoms with Gasteiger partial charge in [-0.25, -0.2) is 9.97 Å². The molecule has 0 amide bonds. The van der Waals surface area contributed by atoms with E-state index in [-0.39, 0.29) is 0 Å². The monoisotopic (exact) mass is 693 g/mol. The second-order valence-corrected chi connectivity index (χ2v) is 15.4. The highest BCUT2D eigenvalue weighted by molar-refractivity contribution is 7.23. The van der Waals surface area contributed by atoms with E-state index in [0.29, 0.717) is 0 Å². The summed E-state index contributed by atoms with van der Waals surface area (Å²) in [5, 5.41) is 5.95. The Morgan fingerprint density at radius 1 is 0.400 bits per heavy atom. The van der Waals surface area contributed by atoms with Crippen LogP contribution in [0.15, 0.2) is 164 Å². The van der Waals surface area contributed by atoms with E-state index >= 15 is 0 Å². The number of hydrogen-bond acceptors (Lipinski definition) is 6. The fourth-order valence-electron chi connectivity index (χ4n) is 6.63. The first-order valence-electron chi connectivity index (χ1n) is 16.5. The molecule has 10 aromatic rings. The van der Waals surface area contributed by atoms with Crippen molar-refractivity contribution in [2.24, 2.45) is 0 Å². The Morgan fingerprint density at radius 2 is 0.880 bits per heavy atom. The lowest BCUT2D eigenvalue weighted by Crippen LogP contribution is -2.09. The minimum Gasteiger partial charge on any atom is -0.311 e. The van der Waals surface area contributed by atoms with Crippen LogP contribution in [0.2, 0.25) is 0 Å². The fraction of sp³-hybridized carbons (Fsp3) is 0. The van der Waals surface area contributed by atoms with Crippen LogP contribution in [0.3, 0.4) is 0 Å². The van der Waals surface area contributed by atoms with Crippen molar-refractivity contribution < 1.29 is 0 Å². The lowest BCUT2D eigenvalue weighted by molar-refractivity contribution is 1.28. The van der Waals surface area contributed by atoms with E-state index in [1.54, 1.807) is 22.7 Å². The third-order valence-corrected chi connectivity index (χ3v) is 12.6. The number of para-hydroxylation sites is 2. The Morgan fingerprint density at radius 3 is 1.44 bits per heavy atom. The van der Waals surface area contributed by atoms with Gasteiger partial charge in [-0.3, -0.25) is 0 Å². The lowest BCUT2D eigenvalue weighted by Gasteiger charge is -2.26. The highest BCUT2D eigenvalue weighted by Crippen LogP contribution is 2.41. The molecule has 3 heterocycles. The fourth-order valence-corrected chi connectivity index (χ4v) is 9.77. The SMILES string of the molecule is c1ccc2c(c1)ccc1cc(-c3ccc(N(c4ccc(-c5nc6ccccc6s5)cc4)c4ccc(-c5nc6ccccc6s5)cc4)cc3)sc12. The molecule has 0 spiro atoms. The molecular formula is C44H27N3S3. The van der Waals surface area contributed by atoms with Crippen LogP contribution in [0.25, 0.3) is 72.9 Å². The van der Waals surface area contributed by atoms with Gasteiger partial charge >= 0.3 is 0 Å². The second kappa shape index (κ2) is 12.0. The first kappa shape index (κ1) is 29.3. The van der Waals surface area contributed by atoms with Gasteiger partial charge in [0, 0.05) is 37.8 Å². The van der Waals surface area contributed by atoms with Crippen molar-refractivity contribution in [3.8, 4) is 31.6 Å². The first-order chi connectivity index (χ1) is 24.7. The van der Waals surface area contributed by atoms with E-state index in [9.17, 15) is 0 Å². The van der Waals surface area contributed by atoms with E-state index < -0.39 is 0 Å². The molecular weight excluding hydrogens is 667 g/mol. The Kier molecular flexibility index (Phi) is 7.05. The number of nitrogens with zero attached hydrogens (tertiary/aromatic N) is 3. The second-order valence-electron chi connectivity index (χ2n) is 12.3. The standard InChI is InChI=1S/C44H27N3S3/c1-2-8-36-28(7-1)13-14-32-27-41(48-42(32)36)29-15-21-33(22-16-29)47(34-23-17-30(18-24-34)43-45-37-9-3-5-11-39(37)49-43)35-25-19-31(20-26-35)44-46-38-10-4-6-12-40(38)50-44/h1-27H. The maximum atomic E-state index is 4.90. The molecule has 236 valence electrons. The predicted molar refractivity (Wildman–Crippen MR) is 217 cm³/mol. The predicted octanol–water partition coefficient (Wildman–Crippen LogP) is 13.7. The van der Waals surface area contributed by atoms with Crippen molar-refractivity contribution in [1.82, 2.24) is 9.97 Å². The summed E-state index contributed by atoms with van der Waals surface area (Å²) in [5.74, 6) is 0. The van der Waals surface area contributed by atoms with Gasteiger partial charge in [0.1, 0.15) is 10.0 Å². The quantitative estimate of drug-likeness (QED) is 0.174. The van der Waals surface area contributed by atoms with Crippen LogP contribution in [-0.2, 0) is 0 Å². The number of hydrogen-bond donors (Lipinski definition) is 0. The van der Waals surface area contributed by atoms with Crippen LogP contribution in [0.1, 0.15) is 0 Å². The third kappa shape index (κ3) is 5.17. The van der Waals surface area contributed by atoms with Gasteiger partial charge in [0.25, 0.3) is 0 Å². The van der Waals surface area contributed by atoms with Crippen LogP contribution >= 0.6 is 34.0 Å². The van der Waals surface area contributed by atoms with Gasteiger partial charge in [0.05, 0.1) is 20.4 Å². The zero-order valence-corrected chi connectivity index (χ0v) is 29.1. The average Bonchev–Trinajstić information content (AvgIpc) is 3.93. The highest BCUT2D eigenvalue weighted by atomic mass is 32.1. The maximum absolute atomic E-state index is 4.90. The zero-order chi connectivity index (χ0) is 33.0. The molecule has 0 atom stereocenters. The Bertz CT molecular complexity index is 2630. The molecule has 3 nitrogen and oxygen atoms in total. The Labute approximate surface area is 301 Å². The molecule has 10 rings (SSSR count). The summed E-state index contributed by atoms with van der Waals surface area (Å²) in [6, 6.07) is 58.6. The van der Waals surface area contributed by atoms with Crippen LogP contribution in [-0.4, -0.2) is 9.97 Å². The van der Waals surface area contributed by atoms with Gasteiger partial charge < -0.3 is 4.90 Å². The van der Waals surface area contributed by atoms with E-state index in [0.717, 1.165) is 49.2 Å². The van der Waals surface area contributed by atoms with Crippen molar-refractivity contribution in [3.05, 3.63) is 164 Å². The van der Waals surface area contributed by atoms with E-state index in [1.807, 2.05) is 23.5 Å². The highest BCUT2D eigenvalue weighted by Gasteiger charge is 2.16. The minimum absolute atomic E-state index is 1.03. The summed E-state index contributed by atoms with van der Waals surface area (Å²) in [6.45, 7) is 0. The molecule has 0 radical (unpaired) electrons. The van der Waals surface area contributed by atoms with Crippen molar-refractivity contribution in [2.45, 2.75) is 0 Å². The largest absolute Gasteiger partial charge is 0.311 e.